The van der Waals surface area contributed by atoms with Gasteiger partial charge in [0.25, 0.3) is 5.91 Å². The third kappa shape index (κ3) is 2.76. The van der Waals surface area contributed by atoms with Crippen molar-refractivity contribution >= 4 is 23.0 Å². The highest BCUT2D eigenvalue weighted by Gasteiger charge is 2.09. The maximum atomic E-state index is 12.1. The SMILES string of the molecule is COc1ccc(C(=O)Nc2ncc3nccnc3n2)cc1. The first-order valence-electron chi connectivity index (χ1n) is 6.15. The van der Waals surface area contributed by atoms with Crippen molar-refractivity contribution in [2.45, 2.75) is 0 Å². The molecule has 0 bridgehead atoms. The van der Waals surface area contributed by atoms with Gasteiger partial charge in [-0.05, 0) is 24.3 Å². The van der Waals surface area contributed by atoms with E-state index in [2.05, 4.69) is 25.3 Å². The summed E-state index contributed by atoms with van der Waals surface area (Å²) in [6, 6.07) is 6.74. The summed E-state index contributed by atoms with van der Waals surface area (Å²) >= 11 is 0. The van der Waals surface area contributed by atoms with Crippen molar-refractivity contribution in [3.8, 4) is 5.75 Å². The normalized spacial score (nSPS) is 10.3. The predicted molar refractivity (Wildman–Crippen MR) is 76.1 cm³/mol. The number of nitrogens with zero attached hydrogens (tertiary/aromatic N) is 4. The molecule has 1 N–H and O–H groups in total. The molecule has 0 unspecified atom stereocenters. The van der Waals surface area contributed by atoms with Crippen LogP contribution in [0.3, 0.4) is 0 Å². The highest BCUT2D eigenvalue weighted by molar-refractivity contribution is 6.03. The molecule has 2 aromatic heterocycles. The summed E-state index contributed by atoms with van der Waals surface area (Å²) in [5.74, 6) is 0.563. The average Bonchev–Trinajstić information content (AvgIpc) is 2.55. The van der Waals surface area contributed by atoms with Gasteiger partial charge in [-0.1, -0.05) is 0 Å². The Morgan fingerprint density at radius 2 is 1.86 bits per heavy atom. The third-order valence-electron chi connectivity index (χ3n) is 2.80. The van der Waals surface area contributed by atoms with Crippen molar-refractivity contribution in [2.24, 2.45) is 0 Å². The molecule has 7 nitrogen and oxygen atoms in total. The summed E-state index contributed by atoms with van der Waals surface area (Å²) in [5, 5.41) is 2.62. The van der Waals surface area contributed by atoms with Gasteiger partial charge in [0.05, 0.1) is 13.3 Å². The maximum Gasteiger partial charge on any atom is 0.258 e. The molecule has 0 saturated carbocycles. The van der Waals surface area contributed by atoms with Crippen LogP contribution in [0.1, 0.15) is 10.4 Å². The van der Waals surface area contributed by atoms with Gasteiger partial charge >= 0.3 is 0 Å². The van der Waals surface area contributed by atoms with E-state index in [0.717, 1.165) is 0 Å². The van der Waals surface area contributed by atoms with Gasteiger partial charge in [-0.3, -0.25) is 10.1 Å². The molecule has 0 aliphatic carbocycles. The van der Waals surface area contributed by atoms with E-state index >= 15 is 0 Å². The summed E-state index contributed by atoms with van der Waals surface area (Å²) in [6.07, 6.45) is 4.60. The van der Waals surface area contributed by atoms with Crippen LogP contribution in [-0.2, 0) is 0 Å². The number of hydrogen-bond acceptors (Lipinski definition) is 6. The number of carbonyl (C=O) groups excluding carboxylic acids is 1. The van der Waals surface area contributed by atoms with Crippen molar-refractivity contribution in [1.29, 1.82) is 0 Å². The summed E-state index contributed by atoms with van der Waals surface area (Å²) in [7, 11) is 1.57. The van der Waals surface area contributed by atoms with Crippen molar-refractivity contribution in [3.05, 3.63) is 48.4 Å². The molecule has 0 aliphatic heterocycles. The Bertz CT molecular complexity index is 789. The molecule has 0 radical (unpaired) electrons. The maximum absolute atomic E-state index is 12.1. The summed E-state index contributed by atoms with van der Waals surface area (Å²) in [5.41, 5.74) is 1.48. The van der Waals surface area contributed by atoms with Crippen LogP contribution in [0, 0.1) is 0 Å². The number of anilines is 1. The van der Waals surface area contributed by atoms with Gasteiger partial charge in [0, 0.05) is 18.0 Å². The Kier molecular flexibility index (Phi) is 3.38. The Morgan fingerprint density at radius 3 is 2.62 bits per heavy atom. The minimum atomic E-state index is -0.305. The van der Waals surface area contributed by atoms with Crippen molar-refractivity contribution in [1.82, 2.24) is 19.9 Å². The second-order valence-corrected chi connectivity index (χ2v) is 4.14. The highest BCUT2D eigenvalue weighted by Crippen LogP contribution is 2.13. The topological polar surface area (TPSA) is 89.9 Å². The molecular formula is C14H11N5O2. The lowest BCUT2D eigenvalue weighted by Gasteiger charge is -2.05. The number of methoxy groups -OCH3 is 1. The van der Waals surface area contributed by atoms with Crippen LogP contribution in [0.2, 0.25) is 0 Å². The number of nitrogens with one attached hydrogen (secondary N) is 1. The highest BCUT2D eigenvalue weighted by atomic mass is 16.5. The van der Waals surface area contributed by atoms with Gasteiger partial charge < -0.3 is 4.74 Å². The molecule has 3 aromatic rings. The molecule has 0 atom stereocenters. The summed E-state index contributed by atoms with van der Waals surface area (Å²) in [6.45, 7) is 0. The first kappa shape index (κ1) is 12.9. The van der Waals surface area contributed by atoms with Gasteiger partial charge in [0.1, 0.15) is 11.3 Å². The Morgan fingerprint density at radius 1 is 1.10 bits per heavy atom. The fraction of sp³-hybridized carbons (Fsp3) is 0.0714. The number of ether oxygens (including phenoxy) is 1. The quantitative estimate of drug-likeness (QED) is 0.785. The molecule has 1 amide bonds. The van der Waals surface area contributed by atoms with E-state index in [1.54, 1.807) is 37.6 Å². The number of hydrogen-bond donors (Lipinski definition) is 1. The van der Waals surface area contributed by atoms with Crippen LogP contribution in [0.5, 0.6) is 5.75 Å². The third-order valence-corrected chi connectivity index (χ3v) is 2.80. The van der Waals surface area contributed by atoms with Gasteiger partial charge in [-0.25, -0.2) is 15.0 Å². The van der Waals surface area contributed by atoms with Crippen LogP contribution >= 0.6 is 0 Å². The van der Waals surface area contributed by atoms with Gasteiger partial charge in [-0.15, -0.1) is 0 Å². The Balaban J connectivity index is 1.81. The number of rotatable bonds is 3. The molecule has 2 heterocycles. The van der Waals surface area contributed by atoms with Gasteiger partial charge in [0.2, 0.25) is 5.95 Å². The lowest BCUT2D eigenvalue weighted by molar-refractivity contribution is 0.102. The second kappa shape index (κ2) is 5.49. The van der Waals surface area contributed by atoms with Gasteiger partial charge in [-0.2, -0.15) is 4.98 Å². The van der Waals surface area contributed by atoms with Crippen LogP contribution in [-0.4, -0.2) is 33.0 Å². The average molecular weight is 281 g/mol. The van der Waals surface area contributed by atoms with Crippen molar-refractivity contribution in [3.63, 3.8) is 0 Å². The van der Waals surface area contributed by atoms with Gasteiger partial charge in [0.15, 0.2) is 5.65 Å². The lowest BCUT2D eigenvalue weighted by Crippen LogP contribution is -2.14. The number of fused-ring (bicyclic) bond motifs is 1. The Labute approximate surface area is 120 Å². The molecule has 0 saturated heterocycles. The minimum absolute atomic E-state index is 0.184. The smallest absolute Gasteiger partial charge is 0.258 e. The zero-order valence-electron chi connectivity index (χ0n) is 11.1. The number of aromatic nitrogens is 4. The molecule has 21 heavy (non-hydrogen) atoms. The zero-order chi connectivity index (χ0) is 14.7. The van der Waals surface area contributed by atoms with Crippen LogP contribution in [0.4, 0.5) is 5.95 Å². The summed E-state index contributed by atoms with van der Waals surface area (Å²) in [4.78, 5) is 28.4. The molecule has 1 aromatic carbocycles. The minimum Gasteiger partial charge on any atom is -0.497 e. The Hall–Kier alpha value is -3.09. The van der Waals surface area contributed by atoms with E-state index in [1.807, 2.05) is 0 Å². The van der Waals surface area contributed by atoms with E-state index in [9.17, 15) is 4.79 Å². The summed E-state index contributed by atoms with van der Waals surface area (Å²) < 4.78 is 5.04. The molecule has 0 spiro atoms. The molecule has 104 valence electrons. The molecule has 7 heteroatoms. The fourth-order valence-corrected chi connectivity index (χ4v) is 1.75. The molecule has 0 fully saturated rings. The standard InChI is InChI=1S/C14H11N5O2/c1-21-10-4-2-9(3-5-10)13(20)19-14-17-8-11-12(18-14)16-7-6-15-11/h2-8H,1H3,(H,16,17,18,19,20). The number of benzene rings is 1. The van der Waals surface area contributed by atoms with E-state index in [4.69, 9.17) is 4.74 Å². The van der Waals surface area contributed by atoms with E-state index in [-0.39, 0.29) is 11.9 Å². The number of amides is 1. The van der Waals surface area contributed by atoms with Crippen molar-refractivity contribution in [2.75, 3.05) is 12.4 Å². The van der Waals surface area contributed by atoms with E-state index in [1.165, 1.54) is 12.4 Å². The van der Waals surface area contributed by atoms with E-state index < -0.39 is 0 Å². The van der Waals surface area contributed by atoms with Crippen LogP contribution in [0.25, 0.3) is 11.2 Å². The van der Waals surface area contributed by atoms with Crippen LogP contribution < -0.4 is 10.1 Å². The van der Waals surface area contributed by atoms with Crippen molar-refractivity contribution < 1.29 is 9.53 Å². The number of carbonyl (C=O) groups is 1. The second-order valence-electron chi connectivity index (χ2n) is 4.14. The zero-order valence-corrected chi connectivity index (χ0v) is 11.1. The molecular weight excluding hydrogens is 270 g/mol. The molecule has 0 aliphatic rings. The first-order valence-corrected chi connectivity index (χ1v) is 6.15. The largest absolute Gasteiger partial charge is 0.497 e. The monoisotopic (exact) mass is 281 g/mol. The fourth-order valence-electron chi connectivity index (χ4n) is 1.75. The molecule has 3 rings (SSSR count). The van der Waals surface area contributed by atoms with Crippen LogP contribution in [0.15, 0.2) is 42.9 Å². The predicted octanol–water partition coefficient (Wildman–Crippen LogP) is 1.68. The van der Waals surface area contributed by atoms with E-state index in [0.29, 0.717) is 22.5 Å². The lowest BCUT2D eigenvalue weighted by atomic mass is 10.2. The first-order chi connectivity index (χ1) is 10.3.